The average molecular weight is 524 g/mol. The van der Waals surface area contributed by atoms with E-state index in [1.165, 1.54) is 11.3 Å². The van der Waals surface area contributed by atoms with Gasteiger partial charge in [-0.3, -0.25) is 9.36 Å². The van der Waals surface area contributed by atoms with Crippen molar-refractivity contribution in [3.05, 3.63) is 87.3 Å². The zero-order valence-corrected chi connectivity index (χ0v) is 21.7. The van der Waals surface area contributed by atoms with Crippen LogP contribution in [0.4, 0.5) is 10.5 Å². The molecule has 0 radical (unpaired) electrons. The van der Waals surface area contributed by atoms with Gasteiger partial charge in [0.25, 0.3) is 0 Å². The van der Waals surface area contributed by atoms with Gasteiger partial charge in [0, 0.05) is 22.2 Å². The van der Waals surface area contributed by atoms with Crippen molar-refractivity contribution in [2.75, 3.05) is 12.4 Å². The maximum Gasteiger partial charge on any atom is 0.319 e. The maximum atomic E-state index is 13.5. The molecule has 0 saturated carbocycles. The molecule has 0 atom stereocenters. The number of carbonyl (C=O) groups is 2. The van der Waals surface area contributed by atoms with Gasteiger partial charge in [-0.25, -0.2) is 4.79 Å². The van der Waals surface area contributed by atoms with Crippen LogP contribution < -0.4 is 15.4 Å². The van der Waals surface area contributed by atoms with Crippen LogP contribution in [0, 0.1) is 6.92 Å². The average Bonchev–Trinajstić information content (AvgIpc) is 3.45. The first-order chi connectivity index (χ1) is 17.4. The van der Waals surface area contributed by atoms with Gasteiger partial charge in [0.2, 0.25) is 0 Å². The highest BCUT2D eigenvalue weighted by Gasteiger charge is 2.24. The predicted octanol–water partition coefficient (Wildman–Crippen LogP) is 5.80. The third-order valence-corrected chi connectivity index (χ3v) is 6.96. The summed E-state index contributed by atoms with van der Waals surface area (Å²) < 4.78 is 7.01. The summed E-state index contributed by atoms with van der Waals surface area (Å²) >= 11 is 7.85. The van der Waals surface area contributed by atoms with Gasteiger partial charge in [0.05, 0.1) is 24.2 Å². The first kappa shape index (κ1) is 25.4. The minimum absolute atomic E-state index is 0.109. The normalized spacial score (nSPS) is 10.8. The molecule has 0 aliphatic rings. The molecule has 0 unspecified atom stereocenters. The number of aryl methyl sites for hydroxylation is 2. The predicted molar refractivity (Wildman–Crippen MR) is 142 cm³/mol. The molecule has 36 heavy (non-hydrogen) atoms. The summed E-state index contributed by atoms with van der Waals surface area (Å²) in [6, 6.07) is 15.6. The minimum Gasteiger partial charge on any atom is -0.497 e. The van der Waals surface area contributed by atoms with Gasteiger partial charge in [0.1, 0.15) is 16.6 Å². The number of nitrogens with zero attached hydrogens (tertiary/aromatic N) is 3. The second kappa shape index (κ2) is 11.4. The SMILES string of the molecule is CCCc1cc(C(=O)c2ccccc2Cl)c(-n2c(C)nnc2CNC(=O)Nc2cccc(OC)c2)s1. The summed E-state index contributed by atoms with van der Waals surface area (Å²) in [5.74, 6) is 1.58. The molecular weight excluding hydrogens is 498 g/mol. The fourth-order valence-corrected chi connectivity index (χ4v) is 5.28. The van der Waals surface area contributed by atoms with E-state index in [9.17, 15) is 9.59 Å². The summed E-state index contributed by atoms with van der Waals surface area (Å²) in [5.41, 5.74) is 1.56. The molecule has 0 bridgehead atoms. The number of nitrogens with one attached hydrogen (secondary N) is 2. The lowest BCUT2D eigenvalue weighted by molar-refractivity contribution is 0.103. The van der Waals surface area contributed by atoms with E-state index in [4.69, 9.17) is 16.3 Å². The molecule has 0 saturated heterocycles. The topological polar surface area (TPSA) is 98.1 Å². The summed E-state index contributed by atoms with van der Waals surface area (Å²) in [7, 11) is 1.57. The molecule has 2 amide bonds. The second-order valence-corrected chi connectivity index (χ2v) is 9.55. The van der Waals surface area contributed by atoms with Gasteiger partial charge >= 0.3 is 6.03 Å². The lowest BCUT2D eigenvalue weighted by Gasteiger charge is -2.11. The summed E-state index contributed by atoms with van der Waals surface area (Å²) in [6.07, 6.45) is 1.78. The number of rotatable bonds is 9. The fraction of sp³-hybridized carbons (Fsp3) is 0.231. The Labute approximate surface area is 218 Å². The van der Waals surface area contributed by atoms with Crippen LogP contribution in [0.3, 0.4) is 0 Å². The van der Waals surface area contributed by atoms with E-state index >= 15 is 0 Å². The van der Waals surface area contributed by atoms with Crippen LogP contribution in [0.15, 0.2) is 54.6 Å². The smallest absolute Gasteiger partial charge is 0.319 e. The Kier molecular flexibility index (Phi) is 8.02. The third kappa shape index (κ3) is 5.58. The summed E-state index contributed by atoms with van der Waals surface area (Å²) in [4.78, 5) is 27.1. The molecule has 8 nitrogen and oxygen atoms in total. The Morgan fingerprint density at radius 3 is 2.64 bits per heavy atom. The van der Waals surface area contributed by atoms with Gasteiger partial charge < -0.3 is 15.4 Å². The van der Waals surface area contributed by atoms with E-state index in [1.807, 2.05) is 17.6 Å². The number of hydrogen-bond acceptors (Lipinski definition) is 6. The fourth-order valence-electron chi connectivity index (χ4n) is 3.74. The first-order valence-electron chi connectivity index (χ1n) is 11.4. The largest absolute Gasteiger partial charge is 0.497 e. The highest BCUT2D eigenvalue weighted by molar-refractivity contribution is 7.15. The first-order valence-corrected chi connectivity index (χ1v) is 12.6. The number of benzene rings is 2. The lowest BCUT2D eigenvalue weighted by Crippen LogP contribution is -2.29. The highest BCUT2D eigenvalue weighted by atomic mass is 35.5. The number of anilines is 1. The lowest BCUT2D eigenvalue weighted by atomic mass is 10.0. The maximum absolute atomic E-state index is 13.5. The second-order valence-electron chi connectivity index (χ2n) is 8.03. The molecule has 0 aliphatic carbocycles. The molecular formula is C26H26ClN5O3S. The zero-order chi connectivity index (χ0) is 25.7. The number of halogens is 1. The molecule has 2 aromatic carbocycles. The van der Waals surface area contributed by atoms with Crippen LogP contribution in [0.1, 0.15) is 45.8 Å². The molecule has 186 valence electrons. The van der Waals surface area contributed by atoms with E-state index in [0.717, 1.165) is 17.7 Å². The third-order valence-electron chi connectivity index (χ3n) is 5.45. The van der Waals surface area contributed by atoms with Crippen LogP contribution in [-0.4, -0.2) is 33.7 Å². The van der Waals surface area contributed by atoms with Crippen LogP contribution in [0.2, 0.25) is 5.02 Å². The van der Waals surface area contributed by atoms with Gasteiger partial charge in [-0.15, -0.1) is 21.5 Å². The molecule has 2 aromatic heterocycles. The molecule has 0 aliphatic heterocycles. The molecule has 2 heterocycles. The van der Waals surface area contributed by atoms with Crippen molar-refractivity contribution in [3.63, 3.8) is 0 Å². The summed E-state index contributed by atoms with van der Waals surface area (Å²) in [5, 5.41) is 15.2. The van der Waals surface area contributed by atoms with Crippen molar-refractivity contribution in [2.24, 2.45) is 0 Å². The number of methoxy groups -OCH3 is 1. The van der Waals surface area contributed by atoms with Gasteiger partial charge in [-0.2, -0.15) is 0 Å². The Bertz CT molecular complexity index is 1400. The van der Waals surface area contributed by atoms with Crippen LogP contribution >= 0.6 is 22.9 Å². The Hall–Kier alpha value is -3.69. The van der Waals surface area contributed by atoms with E-state index in [1.54, 1.807) is 55.6 Å². The summed E-state index contributed by atoms with van der Waals surface area (Å²) in [6.45, 7) is 4.02. The quantitative estimate of drug-likeness (QED) is 0.270. The number of aromatic nitrogens is 3. The molecule has 4 aromatic rings. The number of thiophene rings is 1. The number of hydrogen-bond donors (Lipinski definition) is 2. The molecule has 10 heteroatoms. The van der Waals surface area contributed by atoms with Crippen molar-refractivity contribution >= 4 is 40.4 Å². The number of ether oxygens (including phenoxy) is 1. The van der Waals surface area contributed by atoms with Crippen molar-refractivity contribution in [3.8, 4) is 10.8 Å². The van der Waals surface area contributed by atoms with Crippen molar-refractivity contribution in [1.82, 2.24) is 20.1 Å². The van der Waals surface area contributed by atoms with Crippen molar-refractivity contribution in [1.29, 1.82) is 0 Å². The monoisotopic (exact) mass is 523 g/mol. The number of ketones is 1. The van der Waals surface area contributed by atoms with Crippen LogP contribution in [0.25, 0.3) is 5.00 Å². The van der Waals surface area contributed by atoms with Crippen molar-refractivity contribution in [2.45, 2.75) is 33.2 Å². The van der Waals surface area contributed by atoms with Gasteiger partial charge in [0.15, 0.2) is 11.6 Å². The molecule has 4 rings (SSSR count). The van der Waals surface area contributed by atoms with Gasteiger partial charge in [-0.05, 0) is 43.7 Å². The molecule has 0 spiro atoms. The Morgan fingerprint density at radius 2 is 1.89 bits per heavy atom. The van der Waals surface area contributed by atoms with E-state index in [-0.39, 0.29) is 12.3 Å². The Balaban J connectivity index is 1.61. The van der Waals surface area contributed by atoms with E-state index in [0.29, 0.717) is 44.2 Å². The minimum atomic E-state index is -0.402. The Morgan fingerprint density at radius 1 is 1.08 bits per heavy atom. The zero-order valence-electron chi connectivity index (χ0n) is 20.2. The van der Waals surface area contributed by atoms with Gasteiger partial charge in [-0.1, -0.05) is 43.1 Å². The number of urea groups is 1. The van der Waals surface area contributed by atoms with E-state index < -0.39 is 6.03 Å². The van der Waals surface area contributed by atoms with E-state index in [2.05, 4.69) is 27.8 Å². The molecule has 0 fully saturated rings. The van der Waals surface area contributed by atoms with Crippen LogP contribution in [0.5, 0.6) is 5.75 Å². The van der Waals surface area contributed by atoms with Crippen LogP contribution in [-0.2, 0) is 13.0 Å². The molecule has 2 N–H and O–H groups in total. The highest BCUT2D eigenvalue weighted by Crippen LogP contribution is 2.32. The standard InChI is InChI=1S/C26H26ClN5O3S/c1-4-8-19-14-21(24(33)20-11-5-6-12-22(20)27)25(36-19)32-16(2)30-31-23(32)15-28-26(34)29-17-9-7-10-18(13-17)35-3/h5-7,9-14H,4,8,15H2,1-3H3,(H2,28,29,34). The van der Waals surface area contributed by atoms with Crippen molar-refractivity contribution < 1.29 is 14.3 Å². The number of carbonyl (C=O) groups excluding carboxylic acids is 2. The number of amides is 2.